The van der Waals surface area contributed by atoms with Crippen molar-refractivity contribution >= 4 is 50.9 Å². The molecule has 0 aliphatic carbocycles. The zero-order chi connectivity index (χ0) is 20.7. The fourth-order valence-corrected chi connectivity index (χ4v) is 5.48. The van der Waals surface area contributed by atoms with Gasteiger partial charge >= 0.3 is 6.09 Å². The average molecular weight is 529 g/mol. The molecule has 154 valence electrons. The highest BCUT2D eigenvalue weighted by Crippen LogP contribution is 2.42. The van der Waals surface area contributed by atoms with Crippen LogP contribution in [0.1, 0.15) is 39.5 Å². The lowest BCUT2D eigenvalue weighted by Crippen LogP contribution is -2.39. The zero-order valence-corrected chi connectivity index (χ0v) is 18.8. The lowest BCUT2D eigenvalue weighted by molar-refractivity contribution is 0.0934. The van der Waals surface area contributed by atoms with Crippen molar-refractivity contribution < 1.29 is 24.2 Å². The molecule has 10 heteroatoms. The Bertz CT molecular complexity index is 993. The second-order valence-corrected chi connectivity index (χ2v) is 8.95. The van der Waals surface area contributed by atoms with Gasteiger partial charge in [-0.05, 0) is 59.2 Å². The highest BCUT2D eigenvalue weighted by Gasteiger charge is 2.34. The van der Waals surface area contributed by atoms with Crippen LogP contribution in [-0.2, 0) is 17.7 Å². The van der Waals surface area contributed by atoms with E-state index in [1.165, 1.54) is 18.4 Å². The van der Waals surface area contributed by atoms with Crippen molar-refractivity contribution in [3.8, 4) is 11.5 Å². The molecule has 1 aromatic heterocycles. The number of rotatable bonds is 3. The number of fused-ring (bicyclic) bond motifs is 3. The number of carbonyl (C=O) groups excluding carboxylic acids is 2. The summed E-state index contributed by atoms with van der Waals surface area (Å²) in [7, 11) is 1.49. The summed E-state index contributed by atoms with van der Waals surface area (Å²) in [5.74, 6) is 0.280. The van der Waals surface area contributed by atoms with E-state index >= 15 is 0 Å². The summed E-state index contributed by atoms with van der Waals surface area (Å²) in [6.07, 6.45) is -0.158. The minimum atomic E-state index is -0.445. The van der Waals surface area contributed by atoms with Gasteiger partial charge in [0.2, 0.25) is 0 Å². The van der Waals surface area contributed by atoms with Crippen LogP contribution in [0.5, 0.6) is 11.5 Å². The van der Waals surface area contributed by atoms with Gasteiger partial charge in [-0.2, -0.15) is 0 Å². The van der Waals surface area contributed by atoms with Crippen molar-refractivity contribution in [1.29, 1.82) is 0 Å². The van der Waals surface area contributed by atoms with Crippen LogP contribution in [0.2, 0.25) is 0 Å². The summed E-state index contributed by atoms with van der Waals surface area (Å²) in [5, 5.41) is 17.2. The predicted molar refractivity (Wildman–Crippen MR) is 117 cm³/mol. The third kappa shape index (κ3) is 3.59. The Kier molecular flexibility index (Phi) is 5.47. The summed E-state index contributed by atoms with van der Waals surface area (Å²) in [4.78, 5) is 27.6. The van der Waals surface area contributed by atoms with Gasteiger partial charge in [-0.25, -0.2) is 4.79 Å². The number of thiophene rings is 1. The molecular weight excluding hydrogens is 509 g/mol. The molecule has 2 amide bonds. The topological polar surface area (TPSA) is 100 Å². The van der Waals surface area contributed by atoms with Gasteiger partial charge in [0.1, 0.15) is 11.2 Å². The molecule has 2 aliphatic heterocycles. The number of hydrogen-bond donors (Lipinski definition) is 3. The molecule has 0 saturated carbocycles. The minimum Gasteiger partial charge on any atom is -0.504 e. The average Bonchev–Trinajstić information content (AvgIpc) is 3.08. The van der Waals surface area contributed by atoms with Crippen LogP contribution in [-0.4, -0.2) is 42.3 Å². The summed E-state index contributed by atoms with van der Waals surface area (Å²) in [6, 6.07) is 3.51. The molecule has 3 N–H and O–H groups in total. The molecule has 2 aromatic rings. The van der Waals surface area contributed by atoms with Gasteiger partial charge in [0.05, 0.1) is 29.4 Å². The van der Waals surface area contributed by atoms with Gasteiger partial charge in [-0.1, -0.05) is 0 Å². The summed E-state index contributed by atoms with van der Waals surface area (Å²) >= 11 is 3.52. The largest absolute Gasteiger partial charge is 0.504 e. The van der Waals surface area contributed by atoms with Gasteiger partial charge in [-0.3, -0.25) is 4.79 Å². The van der Waals surface area contributed by atoms with Crippen molar-refractivity contribution in [3.63, 3.8) is 0 Å². The van der Waals surface area contributed by atoms with E-state index in [4.69, 9.17) is 9.47 Å². The molecule has 1 atom stereocenters. The number of benzene rings is 1. The number of phenols is 1. The Morgan fingerprint density at radius 2 is 2.21 bits per heavy atom. The number of aromatic hydroxyl groups is 1. The molecule has 1 aromatic carbocycles. The summed E-state index contributed by atoms with van der Waals surface area (Å²) in [5.41, 5.74) is 2.43. The molecule has 4 rings (SSSR count). The van der Waals surface area contributed by atoms with Gasteiger partial charge in [0.25, 0.3) is 5.91 Å². The van der Waals surface area contributed by atoms with Crippen molar-refractivity contribution in [2.24, 2.45) is 0 Å². The third-order valence-corrected chi connectivity index (χ3v) is 6.94. The first kappa shape index (κ1) is 20.1. The first-order valence-corrected chi connectivity index (χ1v) is 11.0. The molecule has 0 spiro atoms. The van der Waals surface area contributed by atoms with Crippen LogP contribution < -0.4 is 15.4 Å². The number of hydrogen-bond acceptors (Lipinski definition) is 7. The second kappa shape index (κ2) is 7.90. The van der Waals surface area contributed by atoms with Crippen LogP contribution >= 0.6 is 33.9 Å². The number of amides is 2. The molecule has 3 heterocycles. The fourth-order valence-electron chi connectivity index (χ4n) is 3.57. The molecule has 0 bridgehead atoms. The molecular formula is C19H20IN3O5S. The number of ether oxygens (including phenoxy) is 2. The van der Waals surface area contributed by atoms with E-state index in [0.717, 1.165) is 21.0 Å². The highest BCUT2D eigenvalue weighted by atomic mass is 127. The Hall–Kier alpha value is -2.21. The van der Waals surface area contributed by atoms with E-state index in [1.807, 2.05) is 22.6 Å². The SMILES string of the molecule is CCOC(=O)N1CCc2c(sc3c2C(=O)NC(c2cc(I)c(O)c(OC)c2)N3)C1. The number of phenolic OH excluding ortho intramolecular Hbond substituents is 1. The van der Waals surface area contributed by atoms with E-state index in [9.17, 15) is 14.7 Å². The Morgan fingerprint density at radius 3 is 2.93 bits per heavy atom. The lowest BCUT2D eigenvalue weighted by Gasteiger charge is -2.28. The normalized spacial score (nSPS) is 17.7. The fraction of sp³-hybridized carbons (Fsp3) is 0.368. The van der Waals surface area contributed by atoms with Crippen molar-refractivity contribution in [3.05, 3.63) is 37.3 Å². The van der Waals surface area contributed by atoms with Crippen LogP contribution in [0, 0.1) is 3.57 Å². The molecule has 0 radical (unpaired) electrons. The Morgan fingerprint density at radius 1 is 1.41 bits per heavy atom. The first-order valence-electron chi connectivity index (χ1n) is 9.13. The summed E-state index contributed by atoms with van der Waals surface area (Å²) in [6.45, 7) is 3.09. The van der Waals surface area contributed by atoms with E-state index in [2.05, 4.69) is 10.6 Å². The molecule has 2 aliphatic rings. The monoisotopic (exact) mass is 529 g/mol. The maximum atomic E-state index is 12.9. The van der Waals surface area contributed by atoms with Crippen molar-refractivity contribution in [2.45, 2.75) is 26.1 Å². The number of methoxy groups -OCH3 is 1. The van der Waals surface area contributed by atoms with Crippen LogP contribution in [0.4, 0.5) is 9.80 Å². The maximum Gasteiger partial charge on any atom is 0.410 e. The van der Waals surface area contributed by atoms with Crippen LogP contribution in [0.3, 0.4) is 0 Å². The molecule has 8 nitrogen and oxygen atoms in total. The summed E-state index contributed by atoms with van der Waals surface area (Å²) < 4.78 is 11.0. The van der Waals surface area contributed by atoms with Crippen LogP contribution in [0.15, 0.2) is 12.1 Å². The van der Waals surface area contributed by atoms with Gasteiger partial charge in [-0.15, -0.1) is 11.3 Å². The van der Waals surface area contributed by atoms with E-state index in [1.54, 1.807) is 24.0 Å². The predicted octanol–water partition coefficient (Wildman–Crippen LogP) is 3.44. The number of anilines is 1. The number of nitrogens with one attached hydrogen (secondary N) is 2. The van der Waals surface area contributed by atoms with E-state index in [-0.39, 0.29) is 17.7 Å². The Labute approximate surface area is 185 Å². The van der Waals surface area contributed by atoms with Crippen molar-refractivity contribution in [1.82, 2.24) is 10.2 Å². The van der Waals surface area contributed by atoms with E-state index < -0.39 is 6.17 Å². The Balaban J connectivity index is 1.62. The second-order valence-electron chi connectivity index (χ2n) is 6.68. The smallest absolute Gasteiger partial charge is 0.410 e. The highest BCUT2D eigenvalue weighted by molar-refractivity contribution is 14.1. The van der Waals surface area contributed by atoms with Crippen molar-refractivity contribution in [2.75, 3.05) is 25.6 Å². The maximum absolute atomic E-state index is 12.9. The van der Waals surface area contributed by atoms with Gasteiger partial charge in [0, 0.05) is 11.4 Å². The number of nitrogens with zero attached hydrogens (tertiary/aromatic N) is 1. The third-order valence-electron chi connectivity index (χ3n) is 4.96. The van der Waals surface area contributed by atoms with Gasteiger partial charge in [0.15, 0.2) is 11.5 Å². The molecule has 1 unspecified atom stereocenters. The number of halogens is 1. The zero-order valence-electron chi connectivity index (χ0n) is 15.9. The molecule has 29 heavy (non-hydrogen) atoms. The molecule has 0 fully saturated rings. The lowest BCUT2D eigenvalue weighted by atomic mass is 10.0. The van der Waals surface area contributed by atoms with Gasteiger partial charge < -0.3 is 30.1 Å². The number of carbonyl (C=O) groups is 2. The van der Waals surface area contributed by atoms with E-state index in [0.29, 0.717) is 41.0 Å². The molecule has 0 saturated heterocycles. The van der Waals surface area contributed by atoms with Crippen LogP contribution in [0.25, 0.3) is 0 Å². The standard InChI is InChI=1S/C19H20IN3O5S/c1-3-28-19(26)23-5-4-10-13(8-23)29-18-14(10)17(25)21-16(22-18)9-6-11(20)15(24)12(7-9)27-2/h6-7,16,22,24H,3-5,8H2,1-2H3,(H,21,25). The quantitative estimate of drug-likeness (QED) is 0.527. The minimum absolute atomic E-state index is 0.0744. The first-order chi connectivity index (χ1) is 13.9.